The Hall–Kier alpha value is -1.87. The topological polar surface area (TPSA) is 29.5 Å². The van der Waals surface area contributed by atoms with Crippen LogP contribution in [-0.4, -0.2) is 5.11 Å². The number of benzene rings is 2. The molecule has 0 radical (unpaired) electrons. The van der Waals surface area contributed by atoms with Gasteiger partial charge in [-0.25, -0.2) is 4.39 Å². The van der Waals surface area contributed by atoms with Crippen LogP contribution in [0.4, 0.5) is 4.39 Å². The van der Waals surface area contributed by atoms with Crippen molar-refractivity contribution in [3.63, 3.8) is 0 Å². The van der Waals surface area contributed by atoms with E-state index >= 15 is 0 Å². The second kappa shape index (κ2) is 6.06. The lowest BCUT2D eigenvalue weighted by Gasteiger charge is -2.14. The Morgan fingerprint density at radius 2 is 1.65 bits per heavy atom. The summed E-state index contributed by atoms with van der Waals surface area (Å²) < 4.78 is 19.4. The number of rotatable bonds is 4. The van der Waals surface area contributed by atoms with E-state index in [1.165, 1.54) is 18.6 Å². The van der Waals surface area contributed by atoms with Gasteiger partial charge in [0, 0.05) is 0 Å². The molecule has 20 heavy (non-hydrogen) atoms. The van der Waals surface area contributed by atoms with Gasteiger partial charge >= 0.3 is 0 Å². The van der Waals surface area contributed by atoms with Crippen LogP contribution in [0.1, 0.15) is 43.9 Å². The first kappa shape index (κ1) is 14.5. The van der Waals surface area contributed by atoms with Crippen molar-refractivity contribution in [3.8, 4) is 11.5 Å². The normalized spacial score (nSPS) is 12.5. The molecule has 3 heteroatoms. The molecule has 0 saturated heterocycles. The predicted molar refractivity (Wildman–Crippen MR) is 77.6 cm³/mol. The highest BCUT2D eigenvalue weighted by Crippen LogP contribution is 2.32. The average molecular weight is 274 g/mol. The lowest BCUT2D eigenvalue weighted by atomic mass is 10.0. The minimum Gasteiger partial charge on any atom is -0.457 e. The van der Waals surface area contributed by atoms with Crippen molar-refractivity contribution in [2.45, 2.75) is 32.8 Å². The van der Waals surface area contributed by atoms with Gasteiger partial charge in [-0.05, 0) is 42.7 Å². The summed E-state index contributed by atoms with van der Waals surface area (Å²) in [7, 11) is 0. The lowest BCUT2D eigenvalue weighted by molar-refractivity contribution is 0.190. The predicted octanol–water partition coefficient (Wildman–Crippen LogP) is 4.79. The van der Waals surface area contributed by atoms with E-state index in [-0.39, 0.29) is 5.56 Å². The molecular formula is C17H19FO2. The summed E-state index contributed by atoms with van der Waals surface area (Å²) in [5.41, 5.74) is 1.40. The van der Waals surface area contributed by atoms with E-state index in [4.69, 9.17) is 4.74 Å². The minimum atomic E-state index is -0.916. The van der Waals surface area contributed by atoms with Crippen molar-refractivity contribution in [2.75, 3.05) is 0 Å². The van der Waals surface area contributed by atoms with E-state index in [0.29, 0.717) is 17.4 Å². The molecule has 106 valence electrons. The molecule has 2 aromatic rings. The molecule has 0 spiro atoms. The van der Waals surface area contributed by atoms with Gasteiger partial charge in [0.05, 0.1) is 11.7 Å². The van der Waals surface area contributed by atoms with E-state index in [0.717, 1.165) is 0 Å². The monoisotopic (exact) mass is 274 g/mol. The molecule has 0 fully saturated rings. The van der Waals surface area contributed by atoms with Crippen molar-refractivity contribution >= 4 is 0 Å². The highest BCUT2D eigenvalue weighted by molar-refractivity contribution is 5.40. The van der Waals surface area contributed by atoms with Crippen LogP contribution in [0.15, 0.2) is 42.5 Å². The minimum absolute atomic E-state index is 0.181. The third-order valence-corrected chi connectivity index (χ3v) is 3.21. The number of hydrogen-bond acceptors (Lipinski definition) is 2. The van der Waals surface area contributed by atoms with Gasteiger partial charge in [0.25, 0.3) is 0 Å². The zero-order valence-electron chi connectivity index (χ0n) is 11.9. The second-order valence-corrected chi connectivity index (χ2v) is 5.15. The van der Waals surface area contributed by atoms with Crippen LogP contribution in [0.25, 0.3) is 0 Å². The van der Waals surface area contributed by atoms with Crippen molar-refractivity contribution in [1.82, 2.24) is 0 Å². The Balaban J connectivity index is 2.28. The van der Waals surface area contributed by atoms with Crippen LogP contribution in [0, 0.1) is 5.82 Å². The van der Waals surface area contributed by atoms with E-state index < -0.39 is 11.9 Å². The highest BCUT2D eigenvalue weighted by Gasteiger charge is 2.15. The Morgan fingerprint density at radius 1 is 1.00 bits per heavy atom. The van der Waals surface area contributed by atoms with Crippen LogP contribution < -0.4 is 4.74 Å². The number of aliphatic hydroxyl groups excluding tert-OH is 1. The summed E-state index contributed by atoms with van der Waals surface area (Å²) in [5.74, 6) is 0.960. The molecule has 0 aliphatic heterocycles. The summed E-state index contributed by atoms with van der Waals surface area (Å²) >= 11 is 0. The van der Waals surface area contributed by atoms with Gasteiger partial charge in [0.1, 0.15) is 17.3 Å². The van der Waals surface area contributed by atoms with Crippen molar-refractivity contribution < 1.29 is 14.2 Å². The third kappa shape index (κ3) is 3.17. The van der Waals surface area contributed by atoms with Crippen LogP contribution in [-0.2, 0) is 0 Å². The zero-order valence-corrected chi connectivity index (χ0v) is 11.9. The van der Waals surface area contributed by atoms with Gasteiger partial charge in [-0.2, -0.15) is 0 Å². The summed E-state index contributed by atoms with van der Waals surface area (Å²) in [6, 6.07) is 12.2. The first-order chi connectivity index (χ1) is 9.49. The lowest BCUT2D eigenvalue weighted by Crippen LogP contribution is -2.00. The van der Waals surface area contributed by atoms with Crippen molar-refractivity contribution in [3.05, 3.63) is 59.4 Å². The first-order valence-corrected chi connectivity index (χ1v) is 6.73. The molecule has 0 aliphatic carbocycles. The molecule has 0 bridgehead atoms. The molecule has 0 saturated carbocycles. The summed E-state index contributed by atoms with van der Waals surface area (Å²) in [4.78, 5) is 0. The van der Waals surface area contributed by atoms with Crippen LogP contribution in [0.5, 0.6) is 11.5 Å². The summed E-state index contributed by atoms with van der Waals surface area (Å²) in [5, 5.41) is 9.66. The SMILES string of the molecule is CC(C)c1ccc(Oc2cccc(F)c2[C@@H](C)O)cc1. The van der Waals surface area contributed by atoms with Gasteiger partial charge < -0.3 is 9.84 Å². The van der Waals surface area contributed by atoms with Gasteiger partial charge in [0.2, 0.25) is 0 Å². The molecular weight excluding hydrogens is 255 g/mol. The fourth-order valence-corrected chi connectivity index (χ4v) is 2.06. The number of ether oxygens (including phenoxy) is 1. The van der Waals surface area contributed by atoms with Gasteiger partial charge in [-0.3, -0.25) is 0 Å². The maximum Gasteiger partial charge on any atom is 0.136 e. The summed E-state index contributed by atoms with van der Waals surface area (Å²) in [6.45, 7) is 5.76. The van der Waals surface area contributed by atoms with Gasteiger partial charge in [0.15, 0.2) is 0 Å². The number of aliphatic hydroxyl groups is 1. The number of hydrogen-bond donors (Lipinski definition) is 1. The molecule has 0 heterocycles. The van der Waals surface area contributed by atoms with Crippen LogP contribution >= 0.6 is 0 Å². The molecule has 0 amide bonds. The first-order valence-electron chi connectivity index (χ1n) is 6.73. The zero-order chi connectivity index (χ0) is 14.7. The van der Waals surface area contributed by atoms with Crippen LogP contribution in [0.2, 0.25) is 0 Å². The quantitative estimate of drug-likeness (QED) is 0.868. The number of halogens is 1. The maximum atomic E-state index is 13.7. The maximum absolute atomic E-state index is 13.7. The average Bonchev–Trinajstić information content (AvgIpc) is 2.39. The van der Waals surface area contributed by atoms with E-state index in [9.17, 15) is 9.50 Å². The van der Waals surface area contributed by atoms with Crippen molar-refractivity contribution in [2.24, 2.45) is 0 Å². The second-order valence-electron chi connectivity index (χ2n) is 5.15. The van der Waals surface area contributed by atoms with E-state index in [1.807, 2.05) is 24.3 Å². The smallest absolute Gasteiger partial charge is 0.136 e. The standard InChI is InChI=1S/C17H19FO2/c1-11(2)13-7-9-14(10-8-13)20-16-6-4-5-15(18)17(16)12(3)19/h4-12,19H,1-3H3/t12-/m1/s1. The largest absolute Gasteiger partial charge is 0.457 e. The highest BCUT2D eigenvalue weighted by atomic mass is 19.1. The Labute approximate surface area is 118 Å². The van der Waals surface area contributed by atoms with Gasteiger partial charge in [-0.1, -0.05) is 32.0 Å². The molecule has 1 N–H and O–H groups in total. The molecule has 1 atom stereocenters. The Morgan fingerprint density at radius 3 is 2.20 bits per heavy atom. The van der Waals surface area contributed by atoms with Gasteiger partial charge in [-0.15, -0.1) is 0 Å². The fraction of sp³-hybridized carbons (Fsp3) is 0.294. The summed E-state index contributed by atoms with van der Waals surface area (Å²) in [6.07, 6.45) is -0.916. The molecule has 0 aliphatic rings. The molecule has 0 aromatic heterocycles. The molecule has 2 rings (SSSR count). The molecule has 0 unspecified atom stereocenters. The van der Waals surface area contributed by atoms with E-state index in [2.05, 4.69) is 13.8 Å². The molecule has 2 aromatic carbocycles. The third-order valence-electron chi connectivity index (χ3n) is 3.21. The Bertz CT molecular complexity index is 574. The van der Waals surface area contributed by atoms with Crippen molar-refractivity contribution in [1.29, 1.82) is 0 Å². The molecule has 2 nitrogen and oxygen atoms in total. The van der Waals surface area contributed by atoms with E-state index in [1.54, 1.807) is 12.1 Å². The van der Waals surface area contributed by atoms with Crippen LogP contribution in [0.3, 0.4) is 0 Å². The Kier molecular flexibility index (Phi) is 4.40. The fourth-order valence-electron chi connectivity index (χ4n) is 2.06.